The monoisotopic (exact) mass is 347 g/mol. The van der Waals surface area contributed by atoms with Crippen LogP contribution in [0.5, 0.6) is 0 Å². The van der Waals surface area contributed by atoms with Crippen molar-refractivity contribution in [1.82, 2.24) is 10.2 Å². The Balaban J connectivity index is 1.44. The quantitative estimate of drug-likeness (QED) is 0.911. The largest absolute Gasteiger partial charge is 0.323 e. The molecule has 2 aliphatic rings. The molecule has 1 saturated heterocycles. The summed E-state index contributed by atoms with van der Waals surface area (Å²) in [5.74, 6) is 0.0151. The number of halogens is 2. The van der Waals surface area contributed by atoms with E-state index in [9.17, 15) is 13.6 Å². The molecule has 0 aromatic heterocycles. The van der Waals surface area contributed by atoms with Crippen molar-refractivity contribution in [2.24, 2.45) is 0 Å². The lowest BCUT2D eigenvalue weighted by molar-refractivity contribution is -0.130. The number of amides is 1. The van der Waals surface area contributed by atoms with Crippen LogP contribution >= 0.6 is 0 Å². The molecule has 0 spiro atoms. The van der Waals surface area contributed by atoms with Crippen LogP contribution in [0, 0.1) is 17.1 Å². The molecule has 1 aliphatic heterocycles. The van der Waals surface area contributed by atoms with E-state index < -0.39 is 12.2 Å². The number of benzene rings is 1. The number of carbonyl (C=O) groups excluding carboxylic acids is 1. The number of likely N-dealkylation sites (tertiary alicyclic amines) is 1. The Morgan fingerprint density at radius 1 is 1.24 bits per heavy atom. The fourth-order valence-electron chi connectivity index (χ4n) is 3.88. The van der Waals surface area contributed by atoms with Gasteiger partial charge in [-0.25, -0.2) is 8.78 Å². The number of nitriles is 1. The van der Waals surface area contributed by atoms with Crippen LogP contribution in [0.3, 0.4) is 0 Å². The van der Waals surface area contributed by atoms with E-state index in [1.165, 1.54) is 22.6 Å². The molecule has 1 heterocycles. The Morgan fingerprint density at radius 2 is 1.92 bits per heavy atom. The van der Waals surface area contributed by atoms with Crippen LogP contribution in [0.25, 0.3) is 0 Å². The summed E-state index contributed by atoms with van der Waals surface area (Å²) in [6.07, 6.45) is 2.90. The van der Waals surface area contributed by atoms with Gasteiger partial charge in [0.15, 0.2) is 0 Å². The van der Waals surface area contributed by atoms with Crippen molar-refractivity contribution in [1.29, 1.82) is 5.26 Å². The van der Waals surface area contributed by atoms with Gasteiger partial charge in [0.2, 0.25) is 5.91 Å². The van der Waals surface area contributed by atoms with Gasteiger partial charge >= 0.3 is 0 Å². The van der Waals surface area contributed by atoms with Crippen molar-refractivity contribution >= 4 is 5.91 Å². The van der Waals surface area contributed by atoms with Crippen LogP contribution in [0.4, 0.5) is 8.78 Å². The molecule has 1 aromatic rings. The van der Waals surface area contributed by atoms with Crippen LogP contribution in [0.15, 0.2) is 24.3 Å². The smallest absolute Gasteiger partial charge is 0.237 e. The van der Waals surface area contributed by atoms with Crippen LogP contribution in [-0.2, 0) is 4.79 Å². The topological polar surface area (TPSA) is 56.1 Å². The Labute approximate surface area is 146 Å². The molecule has 1 aliphatic carbocycles. The summed E-state index contributed by atoms with van der Waals surface area (Å²) in [5.41, 5.74) is 1.17. The van der Waals surface area contributed by atoms with Crippen LogP contribution < -0.4 is 5.32 Å². The summed E-state index contributed by atoms with van der Waals surface area (Å²) in [7, 11) is 0. The number of alkyl halides is 1. The van der Waals surface area contributed by atoms with Crippen LogP contribution in [0.1, 0.15) is 43.6 Å². The molecule has 0 bridgehead atoms. The second kappa shape index (κ2) is 7.92. The van der Waals surface area contributed by atoms with Crippen molar-refractivity contribution in [3.8, 4) is 6.07 Å². The molecule has 25 heavy (non-hydrogen) atoms. The maximum atomic E-state index is 13.4. The molecule has 1 N–H and O–H groups in total. The minimum absolute atomic E-state index is 0.0239. The first kappa shape index (κ1) is 17.8. The average molecular weight is 347 g/mol. The van der Waals surface area contributed by atoms with Gasteiger partial charge in [-0.2, -0.15) is 5.26 Å². The van der Waals surface area contributed by atoms with E-state index in [4.69, 9.17) is 5.26 Å². The number of hydrogen-bond acceptors (Lipinski definition) is 3. The Kier molecular flexibility index (Phi) is 5.64. The van der Waals surface area contributed by atoms with E-state index in [0.717, 1.165) is 25.7 Å². The molecule has 134 valence electrons. The van der Waals surface area contributed by atoms with E-state index in [2.05, 4.69) is 5.32 Å². The third-order valence-corrected chi connectivity index (χ3v) is 5.33. The molecule has 1 saturated carbocycles. The zero-order valence-electron chi connectivity index (χ0n) is 14.1. The molecule has 1 amide bonds. The minimum atomic E-state index is -1.10. The lowest BCUT2D eigenvalue weighted by Gasteiger charge is -2.30. The van der Waals surface area contributed by atoms with E-state index >= 15 is 0 Å². The molecule has 6 heteroatoms. The fraction of sp³-hybridized carbons (Fsp3) is 0.579. The number of nitrogens with zero attached hydrogens (tertiary/aromatic N) is 2. The van der Waals surface area contributed by atoms with Crippen molar-refractivity contribution in [2.75, 3.05) is 13.1 Å². The highest BCUT2D eigenvalue weighted by molar-refractivity contribution is 5.79. The van der Waals surface area contributed by atoms with Gasteiger partial charge in [0.1, 0.15) is 18.0 Å². The predicted molar refractivity (Wildman–Crippen MR) is 90.0 cm³/mol. The van der Waals surface area contributed by atoms with E-state index in [1.54, 1.807) is 0 Å². The third-order valence-electron chi connectivity index (χ3n) is 5.33. The number of rotatable bonds is 4. The van der Waals surface area contributed by atoms with Gasteiger partial charge in [-0.15, -0.1) is 0 Å². The summed E-state index contributed by atoms with van der Waals surface area (Å²) < 4.78 is 26.4. The predicted octanol–water partition coefficient (Wildman–Crippen LogP) is 2.90. The van der Waals surface area contributed by atoms with Crippen molar-refractivity contribution in [3.05, 3.63) is 35.6 Å². The summed E-state index contributed by atoms with van der Waals surface area (Å²) in [5, 5.41) is 12.3. The van der Waals surface area contributed by atoms with Crippen LogP contribution in [-0.4, -0.2) is 42.2 Å². The van der Waals surface area contributed by atoms with Gasteiger partial charge in [-0.3, -0.25) is 4.79 Å². The summed E-state index contributed by atoms with van der Waals surface area (Å²) in [6, 6.07) is 8.31. The first-order chi connectivity index (χ1) is 12.1. The zero-order valence-corrected chi connectivity index (χ0v) is 14.1. The number of carbonyl (C=O) groups is 1. The van der Waals surface area contributed by atoms with E-state index in [-0.39, 0.29) is 37.3 Å². The van der Waals surface area contributed by atoms with E-state index in [1.807, 2.05) is 18.2 Å². The summed E-state index contributed by atoms with van der Waals surface area (Å²) in [4.78, 5) is 13.6. The van der Waals surface area contributed by atoms with Gasteiger partial charge in [-0.05, 0) is 49.3 Å². The molecule has 0 radical (unpaired) electrons. The molecular formula is C19H23F2N3O. The standard InChI is InChI=1S/C19H23F2N3O/c20-15-5-1-13(2-6-15)14-3-7-17(8-4-14)23-11-19(25)24-12-16(21)9-18(24)10-22/h1-2,5-6,14,16-18,23H,3-4,7-9,11-12H2/t14?,16-,17?,18-/m0/s1. The molecular weight excluding hydrogens is 324 g/mol. The molecule has 2 fully saturated rings. The van der Waals surface area contributed by atoms with Crippen molar-refractivity contribution in [3.63, 3.8) is 0 Å². The molecule has 4 nitrogen and oxygen atoms in total. The number of hydrogen-bond donors (Lipinski definition) is 1. The van der Waals surface area contributed by atoms with Gasteiger partial charge < -0.3 is 10.2 Å². The first-order valence-corrected chi connectivity index (χ1v) is 8.89. The van der Waals surface area contributed by atoms with Crippen molar-refractivity contribution < 1.29 is 13.6 Å². The fourth-order valence-corrected chi connectivity index (χ4v) is 3.88. The van der Waals surface area contributed by atoms with Gasteiger partial charge in [-0.1, -0.05) is 12.1 Å². The average Bonchev–Trinajstić information content (AvgIpc) is 3.02. The maximum Gasteiger partial charge on any atom is 0.237 e. The minimum Gasteiger partial charge on any atom is -0.323 e. The first-order valence-electron chi connectivity index (χ1n) is 8.89. The second-order valence-electron chi connectivity index (χ2n) is 7.00. The SMILES string of the molecule is N#C[C@@H]1C[C@H](F)CN1C(=O)CNC1CCC(c2ccc(F)cc2)CC1. The summed E-state index contributed by atoms with van der Waals surface area (Å²) >= 11 is 0. The van der Waals surface area contributed by atoms with E-state index in [0.29, 0.717) is 5.92 Å². The number of nitrogens with one attached hydrogen (secondary N) is 1. The van der Waals surface area contributed by atoms with Gasteiger partial charge in [0.25, 0.3) is 0 Å². The van der Waals surface area contributed by atoms with Gasteiger partial charge in [0.05, 0.1) is 19.2 Å². The molecule has 0 unspecified atom stereocenters. The molecule has 1 aromatic carbocycles. The van der Waals surface area contributed by atoms with Gasteiger partial charge in [0, 0.05) is 12.5 Å². The third kappa shape index (κ3) is 4.35. The Morgan fingerprint density at radius 3 is 2.56 bits per heavy atom. The highest BCUT2D eigenvalue weighted by Gasteiger charge is 2.35. The lowest BCUT2D eigenvalue weighted by atomic mass is 9.82. The Bertz CT molecular complexity index is 635. The summed E-state index contributed by atoms with van der Waals surface area (Å²) in [6.45, 7) is 0.173. The Hall–Kier alpha value is -2.00. The zero-order chi connectivity index (χ0) is 17.8. The van der Waals surface area contributed by atoms with Crippen LogP contribution in [0.2, 0.25) is 0 Å². The lowest BCUT2D eigenvalue weighted by Crippen LogP contribution is -2.44. The van der Waals surface area contributed by atoms with Crippen molar-refractivity contribution in [2.45, 2.75) is 56.3 Å². The maximum absolute atomic E-state index is 13.4. The highest BCUT2D eigenvalue weighted by atomic mass is 19.1. The molecule has 3 rings (SSSR count). The second-order valence-corrected chi connectivity index (χ2v) is 7.00. The molecule has 2 atom stereocenters. The normalized spacial score (nSPS) is 29.4. The highest BCUT2D eigenvalue weighted by Crippen LogP contribution is 2.32.